The molecule has 0 bridgehead atoms. The Kier molecular flexibility index (Phi) is 11.0. The summed E-state index contributed by atoms with van der Waals surface area (Å²) < 4.78 is 0. The molecule has 0 fully saturated rings. The van der Waals surface area contributed by atoms with E-state index >= 15 is 0 Å². The van der Waals surface area contributed by atoms with Gasteiger partial charge in [0.1, 0.15) is 6.04 Å². The van der Waals surface area contributed by atoms with Crippen molar-refractivity contribution in [1.82, 2.24) is 10.2 Å². The van der Waals surface area contributed by atoms with Crippen LogP contribution in [0.5, 0.6) is 0 Å². The van der Waals surface area contributed by atoms with Crippen LogP contribution in [0.15, 0.2) is 78.9 Å². The van der Waals surface area contributed by atoms with E-state index < -0.39 is 11.0 Å². The number of nitro benzene ring substituents is 1. The number of thioether (sulfide) groups is 1. The van der Waals surface area contributed by atoms with Crippen LogP contribution in [0.1, 0.15) is 30.0 Å². The molecule has 0 aromatic heterocycles. The molecule has 194 valence electrons. The third-order valence-electron chi connectivity index (χ3n) is 5.73. The second-order valence-electron chi connectivity index (χ2n) is 8.56. The van der Waals surface area contributed by atoms with Gasteiger partial charge < -0.3 is 10.2 Å². The zero-order chi connectivity index (χ0) is 26.6. The summed E-state index contributed by atoms with van der Waals surface area (Å²) in [4.78, 5) is 38.9. The monoisotopic (exact) mass is 539 g/mol. The highest BCUT2D eigenvalue weighted by molar-refractivity contribution is 7.99. The third kappa shape index (κ3) is 8.91. The molecule has 1 N–H and O–H groups in total. The van der Waals surface area contributed by atoms with E-state index in [0.29, 0.717) is 23.7 Å². The Balaban J connectivity index is 1.80. The number of hydrogen-bond donors (Lipinski definition) is 1. The largest absolute Gasteiger partial charge is 0.354 e. The van der Waals surface area contributed by atoms with Gasteiger partial charge in [-0.3, -0.25) is 19.7 Å². The summed E-state index contributed by atoms with van der Waals surface area (Å²) in [6, 6.07) is 22.5. The van der Waals surface area contributed by atoms with E-state index in [2.05, 4.69) is 5.32 Å². The van der Waals surface area contributed by atoms with E-state index in [-0.39, 0.29) is 29.8 Å². The first kappa shape index (κ1) is 28.2. The van der Waals surface area contributed by atoms with Crippen molar-refractivity contribution in [3.63, 3.8) is 0 Å². The van der Waals surface area contributed by atoms with Gasteiger partial charge in [0, 0.05) is 42.4 Å². The fourth-order valence-electron chi connectivity index (χ4n) is 3.76. The number of hydrogen-bond acceptors (Lipinski definition) is 5. The van der Waals surface area contributed by atoms with Crippen LogP contribution in [-0.2, 0) is 28.3 Å². The van der Waals surface area contributed by atoms with E-state index in [1.165, 1.54) is 23.9 Å². The van der Waals surface area contributed by atoms with Gasteiger partial charge in [-0.15, -0.1) is 11.8 Å². The number of carbonyl (C=O) groups excluding carboxylic acids is 2. The van der Waals surface area contributed by atoms with Gasteiger partial charge in [0.25, 0.3) is 5.69 Å². The second-order valence-corrected chi connectivity index (χ2v) is 9.98. The fourth-order valence-corrected chi connectivity index (χ4v) is 4.76. The Hall–Kier alpha value is -3.36. The van der Waals surface area contributed by atoms with Gasteiger partial charge >= 0.3 is 0 Å². The number of amides is 2. The molecule has 0 radical (unpaired) electrons. The van der Waals surface area contributed by atoms with Gasteiger partial charge in [-0.05, 0) is 35.2 Å². The maximum Gasteiger partial charge on any atom is 0.269 e. The number of nitro groups is 1. The maximum absolute atomic E-state index is 13.6. The van der Waals surface area contributed by atoms with E-state index in [0.717, 1.165) is 23.1 Å². The van der Waals surface area contributed by atoms with Crippen LogP contribution >= 0.6 is 23.4 Å². The van der Waals surface area contributed by atoms with Crippen molar-refractivity contribution < 1.29 is 14.5 Å². The van der Waals surface area contributed by atoms with Gasteiger partial charge in [-0.1, -0.05) is 73.1 Å². The number of halogens is 1. The first-order chi connectivity index (χ1) is 17.9. The first-order valence-corrected chi connectivity index (χ1v) is 13.6. The topological polar surface area (TPSA) is 92.6 Å². The molecule has 0 aliphatic carbocycles. The lowest BCUT2D eigenvalue weighted by atomic mass is 10.0. The lowest BCUT2D eigenvalue weighted by Gasteiger charge is -2.31. The average molecular weight is 540 g/mol. The Morgan fingerprint density at radius 1 is 0.973 bits per heavy atom. The van der Waals surface area contributed by atoms with E-state index in [1.807, 2.05) is 49.4 Å². The lowest BCUT2D eigenvalue weighted by Crippen LogP contribution is -2.51. The number of benzene rings is 3. The average Bonchev–Trinajstić information content (AvgIpc) is 2.91. The highest BCUT2D eigenvalue weighted by Crippen LogP contribution is 2.20. The highest BCUT2D eigenvalue weighted by atomic mass is 35.5. The van der Waals surface area contributed by atoms with E-state index in [9.17, 15) is 19.7 Å². The number of non-ortho nitro benzene ring substituents is 1. The molecule has 0 unspecified atom stereocenters. The molecule has 3 rings (SSSR count). The van der Waals surface area contributed by atoms with Crippen LogP contribution in [0.2, 0.25) is 5.02 Å². The standard InChI is InChI=1S/C28H30ClN3O4S/c1-2-16-30-28(34)26(17-21-6-4-3-5-7-21)31(18-22-8-12-24(29)13-9-22)27(33)20-37-19-23-10-14-25(15-11-23)32(35)36/h3-15,26H,2,16-20H2,1H3,(H,30,34)/t26-/m0/s1. The normalized spacial score (nSPS) is 11.5. The second kappa shape index (κ2) is 14.4. The molecule has 1 atom stereocenters. The fraction of sp³-hybridized carbons (Fsp3) is 0.286. The smallest absolute Gasteiger partial charge is 0.269 e. The molecule has 0 saturated heterocycles. The Bertz CT molecular complexity index is 1170. The first-order valence-electron chi connectivity index (χ1n) is 12.0. The van der Waals surface area contributed by atoms with E-state index in [4.69, 9.17) is 11.6 Å². The Morgan fingerprint density at radius 2 is 1.62 bits per heavy atom. The van der Waals surface area contributed by atoms with Crippen LogP contribution < -0.4 is 5.32 Å². The van der Waals surface area contributed by atoms with Gasteiger partial charge in [0.05, 0.1) is 10.7 Å². The van der Waals surface area contributed by atoms with Crippen molar-refractivity contribution in [3.05, 3.63) is 111 Å². The van der Waals surface area contributed by atoms with Crippen molar-refractivity contribution in [2.24, 2.45) is 0 Å². The molecule has 37 heavy (non-hydrogen) atoms. The minimum absolute atomic E-state index is 0.0285. The third-order valence-corrected chi connectivity index (χ3v) is 6.97. The van der Waals surface area contributed by atoms with Crippen molar-refractivity contribution in [2.75, 3.05) is 12.3 Å². The minimum Gasteiger partial charge on any atom is -0.354 e. The molecule has 0 heterocycles. The molecule has 3 aromatic rings. The molecule has 9 heteroatoms. The summed E-state index contributed by atoms with van der Waals surface area (Å²) in [6.07, 6.45) is 1.18. The molecule has 2 amide bonds. The van der Waals surface area contributed by atoms with Crippen molar-refractivity contribution in [1.29, 1.82) is 0 Å². The minimum atomic E-state index is -0.683. The molecule has 0 spiro atoms. The predicted molar refractivity (Wildman–Crippen MR) is 148 cm³/mol. The summed E-state index contributed by atoms with van der Waals surface area (Å²) in [5.74, 6) is 0.337. The van der Waals surface area contributed by atoms with Crippen molar-refractivity contribution >= 4 is 40.9 Å². The number of nitrogens with one attached hydrogen (secondary N) is 1. The van der Waals surface area contributed by atoms with Crippen molar-refractivity contribution in [3.8, 4) is 0 Å². The highest BCUT2D eigenvalue weighted by Gasteiger charge is 2.30. The van der Waals surface area contributed by atoms with Crippen LogP contribution in [0.25, 0.3) is 0 Å². The van der Waals surface area contributed by atoms with Crippen LogP contribution in [0, 0.1) is 10.1 Å². The van der Waals surface area contributed by atoms with Gasteiger partial charge in [-0.25, -0.2) is 0 Å². The SMILES string of the molecule is CCCNC(=O)[C@H](Cc1ccccc1)N(Cc1ccc(Cl)cc1)C(=O)CSCc1ccc([N+](=O)[O-])cc1. The number of rotatable bonds is 13. The Morgan fingerprint density at radius 3 is 2.24 bits per heavy atom. The number of nitrogens with zero attached hydrogens (tertiary/aromatic N) is 2. The molecular formula is C28H30ClN3O4S. The molecule has 0 saturated carbocycles. The number of carbonyl (C=O) groups is 2. The zero-order valence-electron chi connectivity index (χ0n) is 20.6. The molecule has 3 aromatic carbocycles. The summed E-state index contributed by atoms with van der Waals surface area (Å²) in [7, 11) is 0. The molecule has 7 nitrogen and oxygen atoms in total. The van der Waals surface area contributed by atoms with Crippen molar-refractivity contribution in [2.45, 2.75) is 38.1 Å². The predicted octanol–water partition coefficient (Wildman–Crippen LogP) is 5.65. The summed E-state index contributed by atoms with van der Waals surface area (Å²) in [5, 5.41) is 14.4. The summed E-state index contributed by atoms with van der Waals surface area (Å²) in [6.45, 7) is 2.78. The molecular weight excluding hydrogens is 510 g/mol. The lowest BCUT2D eigenvalue weighted by molar-refractivity contribution is -0.384. The Labute approximate surface area is 226 Å². The summed E-state index contributed by atoms with van der Waals surface area (Å²) >= 11 is 7.47. The van der Waals surface area contributed by atoms with Gasteiger partial charge in [-0.2, -0.15) is 0 Å². The zero-order valence-corrected chi connectivity index (χ0v) is 22.2. The van der Waals surface area contributed by atoms with Gasteiger partial charge in [0.15, 0.2) is 0 Å². The van der Waals surface area contributed by atoms with Crippen LogP contribution in [0.4, 0.5) is 5.69 Å². The molecule has 0 aliphatic heterocycles. The van der Waals surface area contributed by atoms with Gasteiger partial charge in [0.2, 0.25) is 11.8 Å². The summed E-state index contributed by atoms with van der Waals surface area (Å²) in [5.41, 5.74) is 2.75. The molecule has 0 aliphatic rings. The van der Waals surface area contributed by atoms with Crippen LogP contribution in [0.3, 0.4) is 0 Å². The quantitative estimate of drug-likeness (QED) is 0.224. The van der Waals surface area contributed by atoms with Crippen LogP contribution in [-0.4, -0.2) is 40.0 Å². The van der Waals surface area contributed by atoms with E-state index in [1.54, 1.807) is 29.2 Å². The maximum atomic E-state index is 13.6.